The molecule has 1 atom stereocenters. The first-order valence-electron chi connectivity index (χ1n) is 7.47. The Bertz CT molecular complexity index is 475. The lowest BCUT2D eigenvalue weighted by molar-refractivity contribution is -0.141. The highest BCUT2D eigenvalue weighted by atomic mass is 16.5. The predicted octanol–water partition coefficient (Wildman–Crippen LogP) is 2.18. The number of methoxy groups -OCH3 is 2. The Morgan fingerprint density at radius 3 is 2.29 bits per heavy atom. The third-order valence-corrected chi connectivity index (χ3v) is 4.25. The second kappa shape index (κ2) is 6.78. The van der Waals surface area contributed by atoms with Crippen LogP contribution < -0.4 is 0 Å². The van der Waals surface area contributed by atoms with Gasteiger partial charge in [-0.2, -0.15) is 0 Å². The summed E-state index contributed by atoms with van der Waals surface area (Å²) < 4.78 is 9.71. The van der Waals surface area contributed by atoms with Gasteiger partial charge < -0.3 is 14.4 Å². The van der Waals surface area contributed by atoms with E-state index in [1.165, 1.54) is 20.6 Å². The van der Waals surface area contributed by atoms with Crippen LogP contribution in [0, 0.1) is 0 Å². The van der Waals surface area contributed by atoms with Crippen molar-refractivity contribution in [2.75, 3.05) is 14.2 Å². The third kappa shape index (κ3) is 3.12. The molecule has 0 aromatic heterocycles. The summed E-state index contributed by atoms with van der Waals surface area (Å²) in [6.45, 7) is 2.03. The van der Waals surface area contributed by atoms with Crippen molar-refractivity contribution in [2.45, 2.75) is 51.1 Å². The van der Waals surface area contributed by atoms with E-state index in [1.54, 1.807) is 6.08 Å². The predicted molar refractivity (Wildman–Crippen MR) is 78.4 cm³/mol. The summed E-state index contributed by atoms with van der Waals surface area (Å²) in [5, 5.41) is 0. The SMILES string of the molecule is COC(=O)C1=C(C(=O)OC)N(C2CCCCC2)C(C)C=C1. The molecule has 0 aromatic rings. The zero-order chi connectivity index (χ0) is 15.4. The van der Waals surface area contributed by atoms with Gasteiger partial charge in [-0.3, -0.25) is 0 Å². The van der Waals surface area contributed by atoms with Crippen molar-refractivity contribution in [1.82, 2.24) is 4.90 Å². The van der Waals surface area contributed by atoms with Gasteiger partial charge in [0.15, 0.2) is 0 Å². The van der Waals surface area contributed by atoms with Gasteiger partial charge >= 0.3 is 11.9 Å². The minimum Gasteiger partial charge on any atom is -0.465 e. The molecule has 0 aromatic carbocycles. The van der Waals surface area contributed by atoms with Crippen molar-refractivity contribution < 1.29 is 19.1 Å². The maximum Gasteiger partial charge on any atom is 0.355 e. The van der Waals surface area contributed by atoms with Crippen LogP contribution in [0.2, 0.25) is 0 Å². The van der Waals surface area contributed by atoms with E-state index in [2.05, 4.69) is 0 Å². The molecule has 1 fully saturated rings. The Morgan fingerprint density at radius 2 is 1.71 bits per heavy atom. The van der Waals surface area contributed by atoms with Crippen molar-refractivity contribution >= 4 is 11.9 Å². The van der Waals surface area contributed by atoms with Gasteiger partial charge in [0.05, 0.1) is 19.8 Å². The highest BCUT2D eigenvalue weighted by Gasteiger charge is 2.36. The monoisotopic (exact) mass is 293 g/mol. The minimum absolute atomic E-state index is 0.0654. The summed E-state index contributed by atoms with van der Waals surface area (Å²) in [7, 11) is 2.66. The second-order valence-corrected chi connectivity index (χ2v) is 5.54. The highest BCUT2D eigenvalue weighted by Crippen LogP contribution is 2.32. The van der Waals surface area contributed by atoms with E-state index in [-0.39, 0.29) is 17.7 Å². The fraction of sp³-hybridized carbons (Fsp3) is 0.625. The lowest BCUT2D eigenvalue weighted by Crippen LogP contribution is -2.46. The maximum atomic E-state index is 12.2. The van der Waals surface area contributed by atoms with Gasteiger partial charge in [-0.25, -0.2) is 9.59 Å². The zero-order valence-corrected chi connectivity index (χ0v) is 12.9. The Kier molecular flexibility index (Phi) is 5.04. The number of hydrogen-bond acceptors (Lipinski definition) is 5. The van der Waals surface area contributed by atoms with Gasteiger partial charge in [0.25, 0.3) is 0 Å². The maximum absolute atomic E-state index is 12.2. The number of carbonyl (C=O) groups is 2. The molecule has 2 aliphatic rings. The molecule has 116 valence electrons. The summed E-state index contributed by atoms with van der Waals surface area (Å²) in [5.41, 5.74) is 0.624. The molecule has 0 saturated heterocycles. The first kappa shape index (κ1) is 15.6. The Balaban J connectivity index is 2.43. The molecule has 0 N–H and O–H groups in total. The molecule has 1 saturated carbocycles. The quantitative estimate of drug-likeness (QED) is 0.747. The Morgan fingerprint density at radius 1 is 1.10 bits per heavy atom. The highest BCUT2D eigenvalue weighted by molar-refractivity contribution is 6.02. The first-order valence-corrected chi connectivity index (χ1v) is 7.47. The molecule has 5 nitrogen and oxygen atoms in total. The number of nitrogens with zero attached hydrogens (tertiary/aromatic N) is 1. The van der Waals surface area contributed by atoms with Crippen LogP contribution in [0.3, 0.4) is 0 Å². The zero-order valence-electron chi connectivity index (χ0n) is 12.9. The number of ether oxygens (including phenoxy) is 2. The van der Waals surface area contributed by atoms with Crippen molar-refractivity contribution in [1.29, 1.82) is 0 Å². The van der Waals surface area contributed by atoms with Gasteiger partial charge in [-0.05, 0) is 25.8 Å². The fourth-order valence-corrected chi connectivity index (χ4v) is 3.21. The van der Waals surface area contributed by atoms with Gasteiger partial charge in [0.2, 0.25) is 0 Å². The molecule has 1 unspecified atom stereocenters. The molecule has 1 aliphatic carbocycles. The van der Waals surface area contributed by atoms with Crippen LogP contribution in [-0.4, -0.2) is 43.1 Å². The van der Waals surface area contributed by atoms with E-state index >= 15 is 0 Å². The lowest BCUT2D eigenvalue weighted by Gasteiger charge is -2.41. The van der Waals surface area contributed by atoms with Crippen molar-refractivity contribution in [3.8, 4) is 0 Å². The van der Waals surface area contributed by atoms with Crippen molar-refractivity contribution in [2.24, 2.45) is 0 Å². The number of carbonyl (C=O) groups excluding carboxylic acids is 2. The average Bonchev–Trinajstić information content (AvgIpc) is 2.53. The van der Waals surface area contributed by atoms with Crippen molar-refractivity contribution in [3.63, 3.8) is 0 Å². The van der Waals surface area contributed by atoms with Crippen LogP contribution >= 0.6 is 0 Å². The molecule has 0 amide bonds. The van der Waals surface area contributed by atoms with Gasteiger partial charge in [-0.1, -0.05) is 25.3 Å². The third-order valence-electron chi connectivity index (χ3n) is 4.25. The topological polar surface area (TPSA) is 55.8 Å². The number of rotatable bonds is 3. The number of esters is 2. The van der Waals surface area contributed by atoms with Crippen molar-refractivity contribution in [3.05, 3.63) is 23.4 Å². The molecule has 0 spiro atoms. The van der Waals surface area contributed by atoms with Crippen LogP contribution in [0.25, 0.3) is 0 Å². The largest absolute Gasteiger partial charge is 0.465 e. The van der Waals surface area contributed by atoms with E-state index in [0.29, 0.717) is 5.70 Å². The van der Waals surface area contributed by atoms with Gasteiger partial charge in [0.1, 0.15) is 5.70 Å². The minimum atomic E-state index is -0.501. The van der Waals surface area contributed by atoms with Crippen LogP contribution in [0.1, 0.15) is 39.0 Å². The Hall–Kier alpha value is -1.78. The average molecular weight is 293 g/mol. The molecular weight excluding hydrogens is 270 g/mol. The van der Waals surface area contributed by atoms with E-state index in [4.69, 9.17) is 9.47 Å². The molecule has 1 heterocycles. The molecular formula is C16H23NO4. The molecule has 2 rings (SSSR count). The molecule has 0 radical (unpaired) electrons. The lowest BCUT2D eigenvalue weighted by atomic mass is 9.90. The Labute approximate surface area is 125 Å². The smallest absolute Gasteiger partial charge is 0.355 e. The van der Waals surface area contributed by atoms with Crippen LogP contribution in [0.5, 0.6) is 0 Å². The second-order valence-electron chi connectivity index (χ2n) is 5.54. The molecule has 5 heteroatoms. The summed E-state index contributed by atoms with van der Waals surface area (Å²) >= 11 is 0. The van der Waals surface area contributed by atoms with E-state index in [9.17, 15) is 9.59 Å². The van der Waals surface area contributed by atoms with Gasteiger partial charge in [-0.15, -0.1) is 0 Å². The van der Waals surface area contributed by atoms with E-state index in [0.717, 1.165) is 25.7 Å². The van der Waals surface area contributed by atoms with E-state index < -0.39 is 11.9 Å². The standard InChI is InChI=1S/C16H23NO4/c1-11-9-10-13(15(18)20-2)14(16(19)21-3)17(11)12-7-5-4-6-8-12/h9-12H,4-8H2,1-3H3. The van der Waals surface area contributed by atoms with Crippen LogP contribution in [0.15, 0.2) is 23.4 Å². The molecule has 21 heavy (non-hydrogen) atoms. The van der Waals surface area contributed by atoms with E-state index in [1.807, 2.05) is 17.9 Å². The first-order chi connectivity index (χ1) is 10.1. The molecule has 1 aliphatic heterocycles. The van der Waals surface area contributed by atoms with Gasteiger partial charge in [0, 0.05) is 12.1 Å². The van der Waals surface area contributed by atoms with Crippen LogP contribution in [-0.2, 0) is 19.1 Å². The number of hydrogen-bond donors (Lipinski definition) is 0. The van der Waals surface area contributed by atoms with Crippen LogP contribution in [0.4, 0.5) is 0 Å². The summed E-state index contributed by atoms with van der Waals surface area (Å²) in [6, 6.07) is 0.336. The normalized spacial score (nSPS) is 23.2. The fourth-order valence-electron chi connectivity index (χ4n) is 3.21. The summed E-state index contributed by atoms with van der Waals surface area (Å²) in [5.74, 6) is -0.975. The summed E-state index contributed by atoms with van der Waals surface area (Å²) in [6.07, 6.45) is 9.21. The summed E-state index contributed by atoms with van der Waals surface area (Å²) in [4.78, 5) is 26.2. The molecule has 0 bridgehead atoms.